The summed E-state index contributed by atoms with van der Waals surface area (Å²) in [5, 5.41) is 3.04. The molecule has 27 heavy (non-hydrogen) atoms. The summed E-state index contributed by atoms with van der Waals surface area (Å²) in [7, 11) is 1.67. The van der Waals surface area contributed by atoms with E-state index < -0.39 is 0 Å². The number of thiophene rings is 1. The Kier molecular flexibility index (Phi) is 5.52. The van der Waals surface area contributed by atoms with E-state index in [9.17, 15) is 4.79 Å². The number of carbonyl (C=O) groups is 1. The Bertz CT molecular complexity index is 959. The van der Waals surface area contributed by atoms with Crippen molar-refractivity contribution in [3.63, 3.8) is 0 Å². The van der Waals surface area contributed by atoms with Crippen LogP contribution < -0.4 is 10.1 Å². The SMILES string of the molecule is COc1ccccc1Cn1c(C(=O)NC[C@H]2CCCO2)cc2sc(Br)cc21. The maximum atomic E-state index is 12.9. The lowest BCUT2D eigenvalue weighted by Crippen LogP contribution is -2.33. The molecule has 0 bridgehead atoms. The predicted octanol–water partition coefficient (Wildman–Crippen LogP) is 4.43. The summed E-state index contributed by atoms with van der Waals surface area (Å²) in [6, 6.07) is 11.9. The Labute approximate surface area is 170 Å². The molecule has 1 N–H and O–H groups in total. The summed E-state index contributed by atoms with van der Waals surface area (Å²) >= 11 is 5.18. The van der Waals surface area contributed by atoms with E-state index in [-0.39, 0.29) is 12.0 Å². The van der Waals surface area contributed by atoms with Crippen LogP contribution in [0.4, 0.5) is 0 Å². The maximum Gasteiger partial charge on any atom is 0.268 e. The summed E-state index contributed by atoms with van der Waals surface area (Å²) in [6.45, 7) is 1.91. The third-order valence-electron chi connectivity index (χ3n) is 4.83. The molecule has 3 aromatic rings. The lowest BCUT2D eigenvalue weighted by Gasteiger charge is -2.14. The number of benzene rings is 1. The Morgan fingerprint density at radius 3 is 3.04 bits per heavy atom. The van der Waals surface area contributed by atoms with Gasteiger partial charge in [-0.1, -0.05) is 18.2 Å². The van der Waals surface area contributed by atoms with Crippen molar-refractivity contribution in [1.82, 2.24) is 9.88 Å². The zero-order chi connectivity index (χ0) is 18.8. The molecule has 1 fully saturated rings. The summed E-state index contributed by atoms with van der Waals surface area (Å²) in [5.74, 6) is 0.749. The van der Waals surface area contributed by atoms with E-state index in [1.165, 1.54) is 0 Å². The van der Waals surface area contributed by atoms with Crippen LogP contribution in [0.15, 0.2) is 40.2 Å². The van der Waals surface area contributed by atoms with Crippen molar-refractivity contribution in [3.05, 3.63) is 51.4 Å². The van der Waals surface area contributed by atoms with Gasteiger partial charge in [0.05, 0.1) is 33.8 Å². The lowest BCUT2D eigenvalue weighted by atomic mass is 10.2. The van der Waals surface area contributed by atoms with Gasteiger partial charge in [-0.25, -0.2) is 0 Å². The van der Waals surface area contributed by atoms with Crippen LogP contribution in [0.1, 0.15) is 28.9 Å². The van der Waals surface area contributed by atoms with Gasteiger partial charge in [-0.2, -0.15) is 0 Å². The van der Waals surface area contributed by atoms with E-state index in [2.05, 4.69) is 31.9 Å². The van der Waals surface area contributed by atoms with Gasteiger partial charge in [0.15, 0.2) is 0 Å². The molecule has 4 rings (SSSR count). The first-order valence-electron chi connectivity index (χ1n) is 8.96. The summed E-state index contributed by atoms with van der Waals surface area (Å²) in [6.07, 6.45) is 2.20. The van der Waals surface area contributed by atoms with E-state index in [0.717, 1.165) is 44.8 Å². The standard InChI is InChI=1S/C20H21BrN2O3S/c1-25-17-7-3-2-5-13(17)12-23-15-10-19(21)27-18(15)9-16(23)20(24)22-11-14-6-4-8-26-14/h2-3,5,7,9-10,14H,4,6,8,11-12H2,1H3,(H,22,24)/t14-/m1/s1. The summed E-state index contributed by atoms with van der Waals surface area (Å²) in [5.41, 5.74) is 2.74. The molecule has 0 radical (unpaired) electrons. The third kappa shape index (κ3) is 3.90. The molecule has 3 heterocycles. The molecule has 2 aromatic heterocycles. The number of halogens is 1. The van der Waals surface area contributed by atoms with Crippen molar-refractivity contribution >= 4 is 43.4 Å². The van der Waals surface area contributed by atoms with Gasteiger partial charge >= 0.3 is 0 Å². The topological polar surface area (TPSA) is 52.5 Å². The number of rotatable bonds is 6. The van der Waals surface area contributed by atoms with Crippen LogP contribution in [0, 0.1) is 0 Å². The van der Waals surface area contributed by atoms with E-state index >= 15 is 0 Å². The minimum atomic E-state index is -0.0695. The van der Waals surface area contributed by atoms with Gasteiger partial charge in [-0.05, 0) is 47.0 Å². The van der Waals surface area contributed by atoms with E-state index in [1.54, 1.807) is 18.4 Å². The Hall–Kier alpha value is -1.83. The molecule has 5 nitrogen and oxygen atoms in total. The first-order chi connectivity index (χ1) is 13.2. The lowest BCUT2D eigenvalue weighted by molar-refractivity contribution is 0.0851. The number of carbonyl (C=O) groups excluding carboxylic acids is 1. The first-order valence-corrected chi connectivity index (χ1v) is 10.6. The van der Waals surface area contributed by atoms with Crippen LogP contribution >= 0.6 is 27.3 Å². The van der Waals surface area contributed by atoms with Crippen molar-refractivity contribution in [1.29, 1.82) is 0 Å². The molecule has 1 atom stereocenters. The van der Waals surface area contributed by atoms with Crippen molar-refractivity contribution in [2.75, 3.05) is 20.3 Å². The van der Waals surface area contributed by atoms with Gasteiger partial charge in [0, 0.05) is 18.7 Å². The van der Waals surface area contributed by atoms with E-state index in [0.29, 0.717) is 18.8 Å². The van der Waals surface area contributed by atoms with Crippen molar-refractivity contribution in [3.8, 4) is 5.75 Å². The van der Waals surface area contributed by atoms with Crippen molar-refractivity contribution in [2.24, 2.45) is 0 Å². The fourth-order valence-electron chi connectivity index (χ4n) is 3.48. The minimum Gasteiger partial charge on any atom is -0.496 e. The molecular formula is C20H21BrN2O3S. The highest BCUT2D eigenvalue weighted by atomic mass is 79.9. The Morgan fingerprint density at radius 2 is 2.26 bits per heavy atom. The molecule has 1 amide bonds. The number of para-hydroxylation sites is 1. The van der Waals surface area contributed by atoms with E-state index in [4.69, 9.17) is 9.47 Å². The quantitative estimate of drug-likeness (QED) is 0.606. The number of aromatic nitrogens is 1. The fraction of sp³-hybridized carbons (Fsp3) is 0.350. The highest BCUT2D eigenvalue weighted by Gasteiger charge is 2.21. The number of hydrogen-bond donors (Lipinski definition) is 1. The molecule has 1 saturated heterocycles. The monoisotopic (exact) mass is 448 g/mol. The average Bonchev–Trinajstić information content (AvgIpc) is 3.38. The molecule has 0 aliphatic carbocycles. The van der Waals surface area contributed by atoms with E-state index in [1.807, 2.05) is 30.3 Å². The zero-order valence-electron chi connectivity index (χ0n) is 15.0. The first kappa shape index (κ1) is 18.5. The number of hydrogen-bond acceptors (Lipinski definition) is 4. The molecule has 7 heteroatoms. The Morgan fingerprint density at radius 1 is 1.41 bits per heavy atom. The number of fused-ring (bicyclic) bond motifs is 1. The van der Waals surface area contributed by atoms with Crippen LogP contribution in [0.5, 0.6) is 5.75 Å². The van der Waals surface area contributed by atoms with Gasteiger partial charge in [0.2, 0.25) is 0 Å². The smallest absolute Gasteiger partial charge is 0.268 e. The number of methoxy groups -OCH3 is 1. The van der Waals surface area contributed by atoms with Crippen LogP contribution in [0.25, 0.3) is 10.2 Å². The fourth-order valence-corrected chi connectivity index (χ4v) is 5.04. The second-order valence-electron chi connectivity index (χ2n) is 6.57. The van der Waals surface area contributed by atoms with Crippen LogP contribution in [-0.4, -0.2) is 36.8 Å². The molecule has 0 saturated carbocycles. The van der Waals surface area contributed by atoms with Gasteiger partial charge in [-0.3, -0.25) is 4.79 Å². The molecule has 0 unspecified atom stereocenters. The molecular weight excluding hydrogens is 428 g/mol. The molecule has 1 aliphatic heterocycles. The largest absolute Gasteiger partial charge is 0.496 e. The molecule has 1 aliphatic rings. The molecule has 0 spiro atoms. The second kappa shape index (κ2) is 8.04. The summed E-state index contributed by atoms with van der Waals surface area (Å²) in [4.78, 5) is 12.9. The van der Waals surface area contributed by atoms with Crippen LogP contribution in [0.2, 0.25) is 0 Å². The van der Waals surface area contributed by atoms with Gasteiger partial charge in [0.25, 0.3) is 5.91 Å². The number of ether oxygens (including phenoxy) is 2. The number of nitrogens with zero attached hydrogens (tertiary/aromatic N) is 1. The third-order valence-corrected chi connectivity index (χ3v) is 6.40. The number of amides is 1. The predicted molar refractivity (Wildman–Crippen MR) is 111 cm³/mol. The Balaban J connectivity index is 1.64. The van der Waals surface area contributed by atoms with Gasteiger partial charge < -0.3 is 19.4 Å². The minimum absolute atomic E-state index is 0.0695. The maximum absolute atomic E-state index is 12.9. The van der Waals surface area contributed by atoms with Crippen molar-refractivity contribution < 1.29 is 14.3 Å². The van der Waals surface area contributed by atoms with Crippen LogP contribution in [0.3, 0.4) is 0 Å². The molecule has 142 valence electrons. The molecule has 1 aromatic carbocycles. The van der Waals surface area contributed by atoms with Gasteiger partial charge in [0.1, 0.15) is 11.4 Å². The van der Waals surface area contributed by atoms with Gasteiger partial charge in [-0.15, -0.1) is 11.3 Å². The van der Waals surface area contributed by atoms with Crippen molar-refractivity contribution in [2.45, 2.75) is 25.5 Å². The zero-order valence-corrected chi connectivity index (χ0v) is 17.4. The highest BCUT2D eigenvalue weighted by molar-refractivity contribution is 9.11. The normalized spacial score (nSPS) is 16.7. The highest BCUT2D eigenvalue weighted by Crippen LogP contribution is 2.33. The van der Waals surface area contributed by atoms with Crippen LogP contribution in [-0.2, 0) is 11.3 Å². The second-order valence-corrected chi connectivity index (χ2v) is 9.04. The summed E-state index contributed by atoms with van der Waals surface area (Å²) < 4.78 is 15.3. The number of nitrogens with one attached hydrogen (secondary N) is 1. The average molecular weight is 449 g/mol.